The number of halogens is 1. The predicted octanol–water partition coefficient (Wildman–Crippen LogP) is 3.52. The average Bonchev–Trinajstić information content (AvgIpc) is 2.82. The third kappa shape index (κ3) is 5.90. The van der Waals surface area contributed by atoms with Gasteiger partial charge >= 0.3 is 0 Å². The van der Waals surface area contributed by atoms with Crippen LogP contribution in [0.3, 0.4) is 0 Å². The minimum absolute atomic E-state index is 0.0888. The van der Waals surface area contributed by atoms with E-state index in [0.29, 0.717) is 37.6 Å². The molecule has 0 bridgehead atoms. The lowest BCUT2D eigenvalue weighted by atomic mass is 9.73. The van der Waals surface area contributed by atoms with Gasteiger partial charge in [-0.3, -0.25) is 14.5 Å². The minimum atomic E-state index is -0.412. The molecule has 0 aromatic heterocycles. The van der Waals surface area contributed by atoms with Crippen molar-refractivity contribution in [3.8, 4) is 5.75 Å². The summed E-state index contributed by atoms with van der Waals surface area (Å²) in [5.41, 5.74) is 1.06. The molecular weight excluding hydrogens is 421 g/mol. The zero-order valence-corrected chi connectivity index (χ0v) is 18.9. The SMILES string of the molecule is O=C1NCCCCC2(CCN(Cc3cccc(F)c3)CC2)C(=O)NCCOc2ccccc21. The first kappa shape index (κ1) is 23.2. The maximum absolute atomic E-state index is 13.5. The van der Waals surface area contributed by atoms with Gasteiger partial charge in [-0.2, -0.15) is 0 Å². The fourth-order valence-corrected chi connectivity index (χ4v) is 4.80. The molecule has 1 spiro atoms. The van der Waals surface area contributed by atoms with Gasteiger partial charge in [0.1, 0.15) is 18.2 Å². The van der Waals surface area contributed by atoms with Crippen LogP contribution in [0.4, 0.5) is 4.39 Å². The van der Waals surface area contributed by atoms with Crippen LogP contribution in [0.2, 0.25) is 0 Å². The first-order valence-corrected chi connectivity index (χ1v) is 11.8. The number of fused-ring (bicyclic) bond motifs is 1. The van der Waals surface area contributed by atoms with Crippen molar-refractivity contribution in [2.24, 2.45) is 5.41 Å². The van der Waals surface area contributed by atoms with E-state index in [2.05, 4.69) is 15.5 Å². The first-order valence-electron chi connectivity index (χ1n) is 11.8. The molecule has 0 atom stereocenters. The van der Waals surface area contributed by atoms with Crippen LogP contribution >= 0.6 is 0 Å². The lowest BCUT2D eigenvalue weighted by Crippen LogP contribution is -2.49. The third-order valence-electron chi connectivity index (χ3n) is 6.73. The van der Waals surface area contributed by atoms with E-state index in [-0.39, 0.29) is 17.6 Å². The Bertz CT molecular complexity index is 973. The van der Waals surface area contributed by atoms with Crippen molar-refractivity contribution in [2.75, 3.05) is 32.8 Å². The van der Waals surface area contributed by atoms with Gasteiger partial charge in [-0.05, 0) is 68.6 Å². The summed E-state index contributed by atoms with van der Waals surface area (Å²) >= 11 is 0. The van der Waals surface area contributed by atoms with Crippen LogP contribution in [-0.4, -0.2) is 49.5 Å². The summed E-state index contributed by atoms with van der Waals surface area (Å²) in [5, 5.41) is 6.05. The van der Waals surface area contributed by atoms with Crippen molar-refractivity contribution in [3.63, 3.8) is 0 Å². The quantitative estimate of drug-likeness (QED) is 0.730. The van der Waals surface area contributed by atoms with Gasteiger partial charge in [-0.15, -0.1) is 0 Å². The Morgan fingerprint density at radius 1 is 0.939 bits per heavy atom. The molecule has 1 saturated heterocycles. The zero-order valence-electron chi connectivity index (χ0n) is 18.9. The molecule has 4 rings (SSSR count). The number of benzene rings is 2. The zero-order chi connectivity index (χ0) is 23.1. The summed E-state index contributed by atoms with van der Waals surface area (Å²) in [5.74, 6) is 0.267. The summed E-state index contributed by atoms with van der Waals surface area (Å²) in [6, 6.07) is 13.9. The van der Waals surface area contributed by atoms with E-state index in [1.54, 1.807) is 24.3 Å². The van der Waals surface area contributed by atoms with E-state index in [4.69, 9.17) is 4.74 Å². The van der Waals surface area contributed by atoms with Crippen molar-refractivity contribution in [1.29, 1.82) is 0 Å². The Kier molecular flexibility index (Phi) is 7.60. The summed E-state index contributed by atoms with van der Waals surface area (Å²) in [7, 11) is 0. The standard InChI is InChI=1S/C26H32FN3O3/c27-21-7-5-6-20(18-21)19-30-15-11-26(12-16-30)10-3-4-13-28-24(31)22-8-1-2-9-23(22)33-17-14-29-25(26)32/h1-2,5-9,18H,3-4,10-17,19H2,(H,28,31)(H,29,32). The van der Waals surface area contributed by atoms with Gasteiger partial charge in [-0.25, -0.2) is 4.39 Å². The molecule has 176 valence electrons. The lowest BCUT2D eigenvalue weighted by Gasteiger charge is -2.41. The number of likely N-dealkylation sites (tertiary alicyclic amines) is 1. The highest BCUT2D eigenvalue weighted by atomic mass is 19.1. The van der Waals surface area contributed by atoms with Gasteiger partial charge in [0.25, 0.3) is 5.91 Å². The van der Waals surface area contributed by atoms with Crippen molar-refractivity contribution >= 4 is 11.8 Å². The van der Waals surface area contributed by atoms with Crippen LogP contribution in [0.5, 0.6) is 5.75 Å². The number of rotatable bonds is 2. The van der Waals surface area contributed by atoms with Gasteiger partial charge in [0.05, 0.1) is 17.5 Å². The monoisotopic (exact) mass is 453 g/mol. The maximum atomic E-state index is 13.5. The van der Waals surface area contributed by atoms with Gasteiger partial charge in [0, 0.05) is 13.1 Å². The number of amides is 2. The highest BCUT2D eigenvalue weighted by Crippen LogP contribution is 2.37. The number of carbonyl (C=O) groups is 2. The van der Waals surface area contributed by atoms with Crippen LogP contribution in [0.15, 0.2) is 48.5 Å². The van der Waals surface area contributed by atoms with E-state index in [9.17, 15) is 14.0 Å². The molecule has 2 heterocycles. The molecule has 6 nitrogen and oxygen atoms in total. The Morgan fingerprint density at radius 2 is 1.76 bits per heavy atom. The van der Waals surface area contributed by atoms with E-state index in [0.717, 1.165) is 50.8 Å². The fourth-order valence-electron chi connectivity index (χ4n) is 4.80. The molecule has 2 aliphatic heterocycles. The Hall–Kier alpha value is -2.93. The van der Waals surface area contributed by atoms with E-state index in [1.165, 1.54) is 6.07 Å². The molecule has 2 aliphatic rings. The maximum Gasteiger partial charge on any atom is 0.255 e. The van der Waals surface area contributed by atoms with E-state index >= 15 is 0 Å². The van der Waals surface area contributed by atoms with E-state index < -0.39 is 5.41 Å². The Morgan fingerprint density at radius 3 is 2.58 bits per heavy atom. The molecule has 2 aromatic rings. The van der Waals surface area contributed by atoms with Crippen LogP contribution in [0.25, 0.3) is 0 Å². The molecule has 0 aliphatic carbocycles. The van der Waals surface area contributed by atoms with E-state index in [1.807, 2.05) is 18.2 Å². The number of nitrogens with zero attached hydrogens (tertiary/aromatic N) is 1. The van der Waals surface area contributed by atoms with Crippen molar-refractivity contribution in [3.05, 3.63) is 65.5 Å². The number of hydrogen-bond donors (Lipinski definition) is 2. The molecule has 1 fully saturated rings. The highest BCUT2D eigenvalue weighted by Gasteiger charge is 2.40. The summed E-state index contributed by atoms with van der Waals surface area (Å²) < 4.78 is 19.3. The second-order valence-corrected chi connectivity index (χ2v) is 9.00. The number of nitrogens with one attached hydrogen (secondary N) is 2. The normalized spacial score (nSPS) is 20.2. The molecule has 2 N–H and O–H groups in total. The molecule has 7 heteroatoms. The number of piperidine rings is 1. The van der Waals surface area contributed by atoms with Crippen LogP contribution in [-0.2, 0) is 11.3 Å². The van der Waals surface area contributed by atoms with Crippen LogP contribution in [0, 0.1) is 11.2 Å². The third-order valence-corrected chi connectivity index (χ3v) is 6.73. The topological polar surface area (TPSA) is 70.7 Å². The largest absolute Gasteiger partial charge is 0.491 e. The molecule has 2 aromatic carbocycles. The second kappa shape index (κ2) is 10.8. The lowest BCUT2D eigenvalue weighted by molar-refractivity contribution is -0.134. The van der Waals surface area contributed by atoms with Crippen molar-refractivity contribution in [2.45, 2.75) is 38.6 Å². The fraction of sp³-hybridized carbons (Fsp3) is 0.462. The molecule has 2 amide bonds. The summed E-state index contributed by atoms with van der Waals surface area (Å²) in [6.45, 7) is 3.54. The average molecular weight is 454 g/mol. The smallest absolute Gasteiger partial charge is 0.255 e. The van der Waals surface area contributed by atoms with Gasteiger partial charge < -0.3 is 15.4 Å². The minimum Gasteiger partial charge on any atom is -0.491 e. The van der Waals surface area contributed by atoms with Gasteiger partial charge in [0.2, 0.25) is 5.91 Å². The highest BCUT2D eigenvalue weighted by molar-refractivity contribution is 5.96. The molecular formula is C26H32FN3O3. The summed E-state index contributed by atoms with van der Waals surface area (Å²) in [4.78, 5) is 28.1. The van der Waals surface area contributed by atoms with Crippen LogP contribution < -0.4 is 15.4 Å². The Balaban J connectivity index is 1.39. The van der Waals surface area contributed by atoms with Crippen LogP contribution in [0.1, 0.15) is 48.0 Å². The molecule has 33 heavy (non-hydrogen) atoms. The summed E-state index contributed by atoms with van der Waals surface area (Å²) in [6.07, 6.45) is 4.01. The van der Waals surface area contributed by atoms with Crippen molar-refractivity contribution < 1.29 is 18.7 Å². The number of hydrogen-bond acceptors (Lipinski definition) is 4. The Labute approximate surface area is 194 Å². The number of para-hydroxylation sites is 1. The number of carbonyl (C=O) groups excluding carboxylic acids is 2. The first-order chi connectivity index (χ1) is 16.1. The molecule has 0 unspecified atom stereocenters. The second-order valence-electron chi connectivity index (χ2n) is 9.00. The number of ether oxygens (including phenoxy) is 1. The molecule has 0 radical (unpaired) electrons. The van der Waals surface area contributed by atoms with Gasteiger partial charge in [-0.1, -0.05) is 30.7 Å². The van der Waals surface area contributed by atoms with Crippen molar-refractivity contribution in [1.82, 2.24) is 15.5 Å². The van der Waals surface area contributed by atoms with Gasteiger partial charge in [0.15, 0.2) is 0 Å². The predicted molar refractivity (Wildman–Crippen MR) is 124 cm³/mol. The molecule has 0 saturated carbocycles.